The molecule has 0 radical (unpaired) electrons. The van der Waals surface area contributed by atoms with E-state index in [0.717, 1.165) is 6.08 Å². The van der Waals surface area contributed by atoms with Crippen molar-refractivity contribution < 1.29 is 45.0 Å². The lowest BCUT2D eigenvalue weighted by Gasteiger charge is -2.37. The maximum absolute atomic E-state index is 10.1. The molecule has 1 saturated heterocycles. The predicted octanol–water partition coefficient (Wildman–Crippen LogP) is -4.60. The third kappa shape index (κ3) is 6.59. The van der Waals surface area contributed by atoms with Crippen LogP contribution < -0.4 is 11.3 Å². The van der Waals surface area contributed by atoms with E-state index in [4.69, 9.17) is 30.6 Å². The summed E-state index contributed by atoms with van der Waals surface area (Å²) in [5, 5.41) is 52.6. The molecule has 1 aliphatic rings. The van der Waals surface area contributed by atoms with E-state index in [0.29, 0.717) is 6.08 Å². The van der Waals surface area contributed by atoms with Crippen LogP contribution in [0.3, 0.4) is 0 Å². The SMILES string of the molecule is NNC(=O)/C=C\C(=O)O.OC[C@H]1O[C@@H](O)[C@H](O)[C@@H](O)[C@@H]1O. The van der Waals surface area contributed by atoms with Crippen molar-refractivity contribution in [3.8, 4) is 0 Å². The molecule has 0 aromatic carbocycles. The largest absolute Gasteiger partial charge is 0.478 e. The van der Waals surface area contributed by atoms with E-state index < -0.39 is 49.2 Å². The third-order valence-corrected chi connectivity index (χ3v) is 2.39. The summed E-state index contributed by atoms with van der Waals surface area (Å²) in [6.07, 6.45) is -5.52. The standard InChI is InChI=1S/C6H12O6.C4H6N2O3/c7-1-2-3(8)4(9)5(10)6(11)12-2;5-6-3(7)1-2-4(8)9/h2-11H,1H2;1-2H,5H2,(H,6,7)(H,8,9)/b;2-1-/t2-,3-,4+,5-,6-;/m1./s1. The monoisotopic (exact) mass is 310 g/mol. The Bertz CT molecular complexity index is 371. The number of ether oxygens (including phenoxy) is 1. The van der Waals surface area contributed by atoms with Gasteiger partial charge in [0.05, 0.1) is 6.61 Å². The first-order valence-electron chi connectivity index (χ1n) is 5.64. The Morgan fingerprint density at radius 3 is 2.10 bits per heavy atom. The molecule has 0 aliphatic carbocycles. The third-order valence-electron chi connectivity index (χ3n) is 2.39. The number of hydrogen-bond acceptors (Lipinski definition) is 9. The molecule has 11 nitrogen and oxygen atoms in total. The summed E-state index contributed by atoms with van der Waals surface area (Å²) in [6, 6.07) is 0. The van der Waals surface area contributed by atoms with Gasteiger partial charge in [0.1, 0.15) is 24.4 Å². The Morgan fingerprint density at radius 2 is 1.67 bits per heavy atom. The second-order valence-corrected chi connectivity index (χ2v) is 3.90. The van der Waals surface area contributed by atoms with Gasteiger partial charge in [-0.25, -0.2) is 10.6 Å². The molecule has 0 aromatic heterocycles. The normalized spacial score (nSPS) is 32.2. The predicted molar refractivity (Wildman–Crippen MR) is 65.1 cm³/mol. The van der Waals surface area contributed by atoms with Gasteiger partial charge in [0.15, 0.2) is 6.29 Å². The zero-order chi connectivity index (χ0) is 16.6. The van der Waals surface area contributed by atoms with Crippen LogP contribution in [0.15, 0.2) is 12.2 Å². The number of nitrogens with one attached hydrogen (secondary N) is 1. The van der Waals surface area contributed by atoms with Crippen LogP contribution >= 0.6 is 0 Å². The highest BCUT2D eigenvalue weighted by molar-refractivity contribution is 5.93. The lowest BCUT2D eigenvalue weighted by Crippen LogP contribution is -2.58. The van der Waals surface area contributed by atoms with E-state index in [1.165, 1.54) is 0 Å². The van der Waals surface area contributed by atoms with Crippen LogP contribution in [0.5, 0.6) is 0 Å². The van der Waals surface area contributed by atoms with Crippen LogP contribution in [0.4, 0.5) is 0 Å². The highest BCUT2D eigenvalue weighted by Gasteiger charge is 2.42. The summed E-state index contributed by atoms with van der Waals surface area (Å²) in [5.41, 5.74) is 1.73. The molecule has 122 valence electrons. The van der Waals surface area contributed by atoms with E-state index in [2.05, 4.69) is 10.6 Å². The zero-order valence-corrected chi connectivity index (χ0v) is 10.7. The van der Waals surface area contributed by atoms with Gasteiger partial charge in [-0.1, -0.05) is 0 Å². The topological polar surface area (TPSA) is 203 Å². The lowest BCUT2D eigenvalue weighted by molar-refractivity contribution is -0.286. The molecular weight excluding hydrogens is 292 g/mol. The fourth-order valence-corrected chi connectivity index (χ4v) is 1.28. The zero-order valence-electron chi connectivity index (χ0n) is 10.7. The second kappa shape index (κ2) is 9.36. The van der Waals surface area contributed by atoms with Crippen LogP contribution in [-0.2, 0) is 14.3 Å². The van der Waals surface area contributed by atoms with Crippen LogP contribution in [0.25, 0.3) is 0 Å². The molecular formula is C10H18N2O9. The van der Waals surface area contributed by atoms with Crippen molar-refractivity contribution in [3.63, 3.8) is 0 Å². The summed E-state index contributed by atoms with van der Waals surface area (Å²) < 4.78 is 4.58. The molecule has 0 saturated carbocycles. The van der Waals surface area contributed by atoms with Gasteiger partial charge in [-0.15, -0.1) is 0 Å². The van der Waals surface area contributed by atoms with E-state index in [1.807, 2.05) is 0 Å². The first-order chi connectivity index (χ1) is 9.74. The van der Waals surface area contributed by atoms with Gasteiger partial charge in [-0.2, -0.15) is 0 Å². The van der Waals surface area contributed by atoms with Crippen molar-refractivity contribution in [1.82, 2.24) is 5.43 Å². The Hall–Kier alpha value is -1.60. The Labute approximate surface area is 118 Å². The quantitative estimate of drug-likeness (QED) is 0.108. The number of carboxylic acid groups (broad SMARTS) is 1. The fourth-order valence-electron chi connectivity index (χ4n) is 1.28. The molecule has 1 heterocycles. The molecule has 0 aromatic rings. The molecule has 1 amide bonds. The number of carbonyl (C=O) groups is 2. The number of aliphatic carboxylic acids is 1. The van der Waals surface area contributed by atoms with Crippen molar-refractivity contribution in [2.24, 2.45) is 5.84 Å². The number of hydrogen-bond donors (Lipinski definition) is 8. The number of aliphatic hydroxyl groups is 5. The number of nitrogens with two attached hydrogens (primary N) is 1. The Morgan fingerprint density at radius 1 is 1.10 bits per heavy atom. The summed E-state index contributed by atoms with van der Waals surface area (Å²) >= 11 is 0. The highest BCUT2D eigenvalue weighted by Crippen LogP contribution is 2.18. The number of aliphatic hydroxyl groups excluding tert-OH is 5. The number of carbonyl (C=O) groups excluding carboxylic acids is 1. The fraction of sp³-hybridized carbons (Fsp3) is 0.600. The molecule has 11 heteroatoms. The molecule has 0 unspecified atom stereocenters. The van der Waals surface area contributed by atoms with Crippen LogP contribution in [0.1, 0.15) is 0 Å². The van der Waals surface area contributed by atoms with Crippen molar-refractivity contribution >= 4 is 11.9 Å². The average molecular weight is 310 g/mol. The molecule has 1 fully saturated rings. The average Bonchev–Trinajstić information content (AvgIpc) is 2.46. The maximum atomic E-state index is 10.1. The van der Waals surface area contributed by atoms with Crippen molar-refractivity contribution in [2.75, 3.05) is 6.61 Å². The molecule has 9 N–H and O–H groups in total. The second-order valence-electron chi connectivity index (χ2n) is 3.90. The summed E-state index contributed by atoms with van der Waals surface area (Å²) in [7, 11) is 0. The van der Waals surface area contributed by atoms with Gasteiger partial charge in [0.2, 0.25) is 0 Å². The van der Waals surface area contributed by atoms with Crippen LogP contribution in [0, 0.1) is 0 Å². The number of rotatable bonds is 3. The molecule has 1 rings (SSSR count). The first kappa shape index (κ1) is 19.4. The van der Waals surface area contributed by atoms with Gasteiger partial charge in [0, 0.05) is 12.2 Å². The number of hydrazine groups is 1. The van der Waals surface area contributed by atoms with Gasteiger partial charge < -0.3 is 35.4 Å². The molecule has 0 bridgehead atoms. The maximum Gasteiger partial charge on any atom is 0.328 e. The van der Waals surface area contributed by atoms with Crippen LogP contribution in [0.2, 0.25) is 0 Å². The minimum absolute atomic E-state index is 0.526. The van der Waals surface area contributed by atoms with Crippen molar-refractivity contribution in [2.45, 2.75) is 30.7 Å². The first-order valence-corrected chi connectivity index (χ1v) is 5.64. The van der Waals surface area contributed by atoms with Gasteiger partial charge in [0.25, 0.3) is 5.91 Å². The van der Waals surface area contributed by atoms with E-state index in [1.54, 1.807) is 5.43 Å². The minimum atomic E-state index is -1.57. The summed E-state index contributed by atoms with van der Waals surface area (Å²) in [5.74, 6) is 2.79. The lowest BCUT2D eigenvalue weighted by atomic mass is 10.00. The molecule has 5 atom stereocenters. The highest BCUT2D eigenvalue weighted by atomic mass is 16.6. The van der Waals surface area contributed by atoms with E-state index >= 15 is 0 Å². The molecule has 1 aliphatic heterocycles. The summed E-state index contributed by atoms with van der Waals surface area (Å²) in [6.45, 7) is -0.526. The Kier molecular flexibility index (Phi) is 8.64. The molecule has 21 heavy (non-hydrogen) atoms. The van der Waals surface area contributed by atoms with Crippen LogP contribution in [-0.4, -0.2) is 79.8 Å². The summed E-state index contributed by atoms with van der Waals surface area (Å²) in [4.78, 5) is 19.8. The van der Waals surface area contributed by atoms with Gasteiger partial charge in [-0.05, 0) is 0 Å². The number of carboxylic acids is 1. The van der Waals surface area contributed by atoms with Crippen molar-refractivity contribution in [1.29, 1.82) is 0 Å². The Balaban J connectivity index is 0.000000400. The number of amides is 1. The van der Waals surface area contributed by atoms with Gasteiger partial charge >= 0.3 is 5.97 Å². The smallest absolute Gasteiger partial charge is 0.328 e. The van der Waals surface area contributed by atoms with Gasteiger partial charge in [-0.3, -0.25) is 10.2 Å². The minimum Gasteiger partial charge on any atom is -0.478 e. The van der Waals surface area contributed by atoms with E-state index in [-0.39, 0.29) is 0 Å². The van der Waals surface area contributed by atoms with E-state index in [9.17, 15) is 9.59 Å². The molecule has 0 spiro atoms. The van der Waals surface area contributed by atoms with Crippen molar-refractivity contribution in [3.05, 3.63) is 12.2 Å².